The maximum Gasteiger partial charge on any atom is 0.244 e. The highest BCUT2D eigenvalue weighted by atomic mass is 16.5. The van der Waals surface area contributed by atoms with Crippen molar-refractivity contribution in [1.29, 1.82) is 0 Å². The minimum Gasteiger partial charge on any atom is -0.379 e. The van der Waals surface area contributed by atoms with Gasteiger partial charge in [-0.05, 0) is 12.8 Å². The van der Waals surface area contributed by atoms with Crippen LogP contribution in [0.25, 0.3) is 0 Å². The number of nitrogens with zero attached hydrogens (tertiary/aromatic N) is 1. The molecule has 1 heterocycles. The number of amides is 1. The van der Waals surface area contributed by atoms with Gasteiger partial charge in [-0.3, -0.25) is 9.69 Å². The van der Waals surface area contributed by atoms with Crippen molar-refractivity contribution in [3.8, 4) is 0 Å². The van der Waals surface area contributed by atoms with E-state index in [2.05, 4.69) is 18.4 Å². The molecule has 0 bridgehead atoms. The molecule has 4 heteroatoms. The lowest BCUT2D eigenvalue weighted by molar-refractivity contribution is -0.114. The second kappa shape index (κ2) is 7.45. The van der Waals surface area contributed by atoms with Gasteiger partial charge in [0.2, 0.25) is 5.91 Å². The average molecular weight is 240 g/mol. The Bertz CT molecular complexity index is 260. The van der Waals surface area contributed by atoms with Gasteiger partial charge in [-0.15, -0.1) is 0 Å². The number of rotatable bonds is 7. The Kier molecular flexibility index (Phi) is 6.22. The van der Waals surface area contributed by atoms with Crippen LogP contribution in [-0.4, -0.2) is 43.2 Å². The first-order valence-electron chi connectivity index (χ1n) is 6.44. The summed E-state index contributed by atoms with van der Waals surface area (Å²) in [4.78, 5) is 13.5. The Morgan fingerprint density at radius 2 is 2.12 bits per heavy atom. The summed E-state index contributed by atoms with van der Waals surface area (Å²) in [5, 5.41) is 0. The molecule has 1 saturated heterocycles. The van der Waals surface area contributed by atoms with E-state index in [-0.39, 0.29) is 5.91 Å². The van der Waals surface area contributed by atoms with Gasteiger partial charge in [-0.2, -0.15) is 0 Å². The number of primary amides is 1. The zero-order valence-corrected chi connectivity index (χ0v) is 10.8. The number of carbonyl (C=O) groups is 1. The van der Waals surface area contributed by atoms with Crippen molar-refractivity contribution in [3.05, 3.63) is 12.2 Å². The molecule has 1 fully saturated rings. The standard InChI is InChI=1S/C13H24N2O2/c1-3-4-5-12(10-11(2)13(14)16)15-6-8-17-9-7-15/h12H,2-10H2,1H3,(H2,14,16). The van der Waals surface area contributed by atoms with Crippen molar-refractivity contribution in [3.63, 3.8) is 0 Å². The van der Waals surface area contributed by atoms with Crippen molar-refractivity contribution in [2.45, 2.75) is 38.6 Å². The average Bonchev–Trinajstić information content (AvgIpc) is 2.35. The molecule has 98 valence electrons. The van der Waals surface area contributed by atoms with Gasteiger partial charge in [0.05, 0.1) is 13.2 Å². The van der Waals surface area contributed by atoms with E-state index in [1.54, 1.807) is 0 Å². The van der Waals surface area contributed by atoms with Gasteiger partial charge in [-0.25, -0.2) is 0 Å². The first kappa shape index (κ1) is 14.2. The van der Waals surface area contributed by atoms with E-state index in [4.69, 9.17) is 10.5 Å². The van der Waals surface area contributed by atoms with Crippen LogP contribution in [0.3, 0.4) is 0 Å². The molecule has 0 radical (unpaired) electrons. The van der Waals surface area contributed by atoms with Crippen molar-refractivity contribution < 1.29 is 9.53 Å². The van der Waals surface area contributed by atoms with Crippen molar-refractivity contribution in [1.82, 2.24) is 4.90 Å². The predicted molar refractivity (Wildman–Crippen MR) is 68.7 cm³/mol. The predicted octanol–water partition coefficient (Wildman–Crippen LogP) is 1.31. The van der Waals surface area contributed by atoms with Gasteiger partial charge >= 0.3 is 0 Å². The molecule has 0 aromatic heterocycles. The minimum absolute atomic E-state index is 0.375. The lowest BCUT2D eigenvalue weighted by Gasteiger charge is -2.34. The van der Waals surface area contributed by atoms with Gasteiger partial charge in [0.1, 0.15) is 0 Å². The Balaban J connectivity index is 2.51. The van der Waals surface area contributed by atoms with Crippen LogP contribution in [0.5, 0.6) is 0 Å². The molecule has 2 N–H and O–H groups in total. The largest absolute Gasteiger partial charge is 0.379 e. The van der Waals surface area contributed by atoms with Crippen LogP contribution in [0.1, 0.15) is 32.6 Å². The fourth-order valence-electron chi connectivity index (χ4n) is 2.18. The number of morpholine rings is 1. The van der Waals surface area contributed by atoms with Crippen molar-refractivity contribution in [2.24, 2.45) is 5.73 Å². The van der Waals surface area contributed by atoms with Gasteiger partial charge in [0.25, 0.3) is 0 Å². The maximum absolute atomic E-state index is 11.1. The molecule has 1 atom stereocenters. The van der Waals surface area contributed by atoms with E-state index >= 15 is 0 Å². The molecule has 0 aromatic rings. The van der Waals surface area contributed by atoms with E-state index in [0.29, 0.717) is 18.0 Å². The van der Waals surface area contributed by atoms with Crippen LogP contribution >= 0.6 is 0 Å². The summed E-state index contributed by atoms with van der Waals surface area (Å²) in [7, 11) is 0. The topological polar surface area (TPSA) is 55.6 Å². The van der Waals surface area contributed by atoms with Crippen LogP contribution in [0.4, 0.5) is 0 Å². The highest BCUT2D eigenvalue weighted by Crippen LogP contribution is 2.17. The molecule has 0 aromatic carbocycles. The van der Waals surface area contributed by atoms with Gasteiger partial charge in [0, 0.05) is 24.7 Å². The molecule has 1 rings (SSSR count). The van der Waals surface area contributed by atoms with Gasteiger partial charge in [0.15, 0.2) is 0 Å². The summed E-state index contributed by atoms with van der Waals surface area (Å²) < 4.78 is 5.35. The van der Waals surface area contributed by atoms with Crippen LogP contribution in [0.2, 0.25) is 0 Å². The molecule has 17 heavy (non-hydrogen) atoms. The summed E-state index contributed by atoms with van der Waals surface area (Å²) >= 11 is 0. The number of ether oxygens (including phenoxy) is 1. The molecular formula is C13H24N2O2. The number of hydrogen-bond donors (Lipinski definition) is 1. The number of hydrogen-bond acceptors (Lipinski definition) is 3. The summed E-state index contributed by atoms with van der Waals surface area (Å²) in [5.41, 5.74) is 5.80. The zero-order valence-electron chi connectivity index (χ0n) is 10.8. The van der Waals surface area contributed by atoms with Crippen LogP contribution in [0, 0.1) is 0 Å². The third kappa shape index (κ3) is 4.88. The lowest BCUT2D eigenvalue weighted by Crippen LogP contribution is -2.44. The third-order valence-corrected chi connectivity index (χ3v) is 3.28. The van der Waals surface area contributed by atoms with E-state index in [1.807, 2.05) is 0 Å². The number of nitrogens with two attached hydrogens (primary N) is 1. The quantitative estimate of drug-likeness (QED) is 0.683. The molecule has 0 spiro atoms. The monoisotopic (exact) mass is 240 g/mol. The number of unbranched alkanes of at least 4 members (excludes halogenated alkanes) is 1. The summed E-state index contributed by atoms with van der Waals surface area (Å²) in [6.07, 6.45) is 4.14. The second-order valence-electron chi connectivity index (χ2n) is 4.62. The van der Waals surface area contributed by atoms with Crippen LogP contribution < -0.4 is 5.73 Å². The Morgan fingerprint density at radius 1 is 1.47 bits per heavy atom. The Morgan fingerprint density at radius 3 is 2.65 bits per heavy atom. The Hall–Kier alpha value is -0.870. The molecule has 1 amide bonds. The SMILES string of the molecule is C=C(CC(CCCC)N1CCOCC1)C(N)=O. The first-order chi connectivity index (χ1) is 8.15. The molecule has 1 aliphatic rings. The van der Waals surface area contributed by atoms with E-state index in [1.165, 1.54) is 12.8 Å². The molecule has 0 aliphatic carbocycles. The van der Waals surface area contributed by atoms with Crippen LogP contribution in [0.15, 0.2) is 12.2 Å². The third-order valence-electron chi connectivity index (χ3n) is 3.28. The molecule has 4 nitrogen and oxygen atoms in total. The normalized spacial score (nSPS) is 18.9. The second-order valence-corrected chi connectivity index (χ2v) is 4.62. The van der Waals surface area contributed by atoms with E-state index in [9.17, 15) is 4.79 Å². The lowest BCUT2D eigenvalue weighted by atomic mass is 9.99. The Labute approximate surface area is 104 Å². The fraction of sp³-hybridized carbons (Fsp3) is 0.769. The van der Waals surface area contributed by atoms with Crippen molar-refractivity contribution in [2.75, 3.05) is 26.3 Å². The summed E-state index contributed by atoms with van der Waals surface area (Å²) in [5.74, 6) is -0.375. The molecule has 0 saturated carbocycles. The summed E-state index contributed by atoms with van der Waals surface area (Å²) in [6, 6.07) is 0.388. The highest BCUT2D eigenvalue weighted by molar-refractivity contribution is 5.91. The smallest absolute Gasteiger partial charge is 0.244 e. The van der Waals surface area contributed by atoms with Gasteiger partial charge in [-0.1, -0.05) is 26.3 Å². The summed E-state index contributed by atoms with van der Waals surface area (Å²) in [6.45, 7) is 9.40. The maximum atomic E-state index is 11.1. The minimum atomic E-state index is -0.375. The van der Waals surface area contributed by atoms with Gasteiger partial charge < -0.3 is 10.5 Å². The highest BCUT2D eigenvalue weighted by Gasteiger charge is 2.22. The molecule has 1 unspecified atom stereocenters. The molecular weight excluding hydrogens is 216 g/mol. The fourth-order valence-corrected chi connectivity index (χ4v) is 2.18. The zero-order chi connectivity index (χ0) is 12.7. The van der Waals surface area contributed by atoms with E-state index in [0.717, 1.165) is 32.7 Å². The molecule has 1 aliphatic heterocycles. The van der Waals surface area contributed by atoms with Crippen molar-refractivity contribution >= 4 is 5.91 Å². The first-order valence-corrected chi connectivity index (χ1v) is 6.44. The number of carbonyl (C=O) groups excluding carboxylic acids is 1. The van der Waals surface area contributed by atoms with E-state index < -0.39 is 0 Å². The van der Waals surface area contributed by atoms with Crippen LogP contribution in [-0.2, 0) is 9.53 Å².